The molecule has 0 unspecified atom stereocenters. The second-order valence-corrected chi connectivity index (χ2v) is 12.1. The molecule has 2 aromatic rings. The largest absolute Gasteiger partial charge is 0.390 e. The average Bonchev–Trinajstić information content (AvgIpc) is 3.40. The van der Waals surface area contributed by atoms with Crippen LogP contribution in [0.15, 0.2) is 29.2 Å². The molecule has 2 saturated heterocycles. The number of carbonyl (C=O) groups excluding carboxylic acids is 2. The van der Waals surface area contributed by atoms with Gasteiger partial charge in [0.25, 0.3) is 5.91 Å². The number of benzene rings is 1. The highest BCUT2D eigenvalue weighted by molar-refractivity contribution is 8.00. The zero-order valence-electron chi connectivity index (χ0n) is 20.6. The van der Waals surface area contributed by atoms with Gasteiger partial charge in [-0.05, 0) is 62.5 Å². The van der Waals surface area contributed by atoms with Gasteiger partial charge >= 0.3 is 0 Å². The van der Waals surface area contributed by atoms with Crippen molar-refractivity contribution in [3.63, 3.8) is 0 Å². The van der Waals surface area contributed by atoms with Crippen LogP contribution < -0.4 is 0 Å². The number of halogens is 1. The number of likely N-dealkylation sites (tertiary alicyclic amines) is 2. The number of aryl methyl sites for hydroxylation is 1. The van der Waals surface area contributed by atoms with Crippen molar-refractivity contribution >= 4 is 23.6 Å². The smallest absolute Gasteiger partial charge is 0.274 e. The van der Waals surface area contributed by atoms with Crippen LogP contribution in [-0.4, -0.2) is 80.2 Å². The summed E-state index contributed by atoms with van der Waals surface area (Å²) in [6, 6.07) is 8.43. The van der Waals surface area contributed by atoms with E-state index >= 15 is 0 Å². The van der Waals surface area contributed by atoms with E-state index in [1.807, 2.05) is 16.7 Å². The predicted molar refractivity (Wildman–Crippen MR) is 135 cm³/mol. The third-order valence-corrected chi connectivity index (χ3v) is 9.83. The lowest BCUT2D eigenvalue weighted by Gasteiger charge is -2.32. The quantitative estimate of drug-likeness (QED) is 0.666. The summed E-state index contributed by atoms with van der Waals surface area (Å²) in [6.45, 7) is 3.97. The molecule has 6 rings (SSSR count). The second-order valence-electron chi connectivity index (χ2n) is 10.8. The van der Waals surface area contributed by atoms with Crippen molar-refractivity contribution in [3.05, 3.63) is 46.8 Å². The number of aromatic nitrogens is 2. The normalized spacial score (nSPS) is 27.6. The Morgan fingerprint density at radius 1 is 1.14 bits per heavy atom. The van der Waals surface area contributed by atoms with Gasteiger partial charge in [-0.25, -0.2) is 4.39 Å². The van der Waals surface area contributed by atoms with Gasteiger partial charge in [-0.2, -0.15) is 5.10 Å². The molecule has 0 spiro atoms. The number of hydrogen-bond donors (Lipinski definition) is 1. The first-order valence-corrected chi connectivity index (χ1v) is 14.0. The Labute approximate surface area is 215 Å². The van der Waals surface area contributed by atoms with Gasteiger partial charge in [0.2, 0.25) is 5.91 Å². The summed E-state index contributed by atoms with van der Waals surface area (Å²) in [5.74, 6) is 0.656. The molecular weight excluding hydrogens is 479 g/mol. The molecule has 2 aliphatic carbocycles. The Balaban J connectivity index is 1.11. The number of amides is 2. The van der Waals surface area contributed by atoms with Crippen molar-refractivity contribution in [3.8, 4) is 0 Å². The zero-order chi connectivity index (χ0) is 25.0. The van der Waals surface area contributed by atoms with Gasteiger partial charge < -0.3 is 14.9 Å². The van der Waals surface area contributed by atoms with Crippen molar-refractivity contribution in [1.29, 1.82) is 0 Å². The lowest BCUT2D eigenvalue weighted by molar-refractivity contribution is -0.132. The monoisotopic (exact) mass is 512 g/mol. The molecule has 1 aromatic carbocycles. The lowest BCUT2D eigenvalue weighted by atomic mass is 10.0. The highest BCUT2D eigenvalue weighted by Gasteiger charge is 2.51. The maximum atomic E-state index is 14.1. The maximum absolute atomic E-state index is 14.1. The number of fused-ring (bicyclic) bond motifs is 3. The summed E-state index contributed by atoms with van der Waals surface area (Å²) in [5.41, 5.74) is 3.67. The third-order valence-electron chi connectivity index (χ3n) is 8.31. The number of thioether (sulfide) groups is 1. The van der Waals surface area contributed by atoms with Crippen molar-refractivity contribution in [2.24, 2.45) is 5.92 Å². The highest BCUT2D eigenvalue weighted by atomic mass is 32.2. The Bertz CT molecular complexity index is 1180. The van der Waals surface area contributed by atoms with E-state index in [0.29, 0.717) is 29.3 Å². The van der Waals surface area contributed by atoms with E-state index in [4.69, 9.17) is 0 Å². The van der Waals surface area contributed by atoms with Crippen LogP contribution in [0.1, 0.15) is 58.9 Å². The molecule has 2 amide bonds. The Morgan fingerprint density at radius 3 is 2.64 bits per heavy atom. The number of aliphatic hydroxyl groups is 1. The minimum absolute atomic E-state index is 0.0455. The van der Waals surface area contributed by atoms with E-state index in [9.17, 15) is 19.1 Å². The molecular formula is C27H33FN4O3S. The molecule has 7 nitrogen and oxygen atoms in total. The van der Waals surface area contributed by atoms with Crippen LogP contribution in [0.3, 0.4) is 0 Å². The van der Waals surface area contributed by atoms with E-state index in [-0.39, 0.29) is 31.3 Å². The SMILES string of the molecule is Cc1ccccc1SC1CCN(C(=O)Cn2nc(C(=O)N3CC[C@H](O)[C@H](F)C3)c3c2C[C@H]2C[C@@H]32)CC1. The zero-order valence-corrected chi connectivity index (χ0v) is 21.4. The predicted octanol–water partition coefficient (Wildman–Crippen LogP) is 3.18. The molecule has 1 N–H and O–H groups in total. The van der Waals surface area contributed by atoms with Crippen LogP contribution in [0.25, 0.3) is 0 Å². The number of alkyl halides is 1. The van der Waals surface area contributed by atoms with Gasteiger partial charge in [-0.15, -0.1) is 11.8 Å². The Hall–Kier alpha value is -2.39. The van der Waals surface area contributed by atoms with Crippen LogP contribution in [0.4, 0.5) is 4.39 Å². The third kappa shape index (κ3) is 4.45. The lowest BCUT2D eigenvalue weighted by Crippen LogP contribution is -2.47. The van der Waals surface area contributed by atoms with E-state index in [1.165, 1.54) is 15.4 Å². The second kappa shape index (κ2) is 9.49. The molecule has 1 saturated carbocycles. The molecule has 0 bridgehead atoms. The van der Waals surface area contributed by atoms with Gasteiger partial charge in [0, 0.05) is 41.0 Å². The van der Waals surface area contributed by atoms with Gasteiger partial charge in [-0.3, -0.25) is 14.3 Å². The summed E-state index contributed by atoms with van der Waals surface area (Å²) < 4.78 is 15.8. The van der Waals surface area contributed by atoms with Crippen LogP contribution in [0.5, 0.6) is 0 Å². The number of piperidine rings is 2. The standard InChI is InChI=1S/C27H33FN4O3S/c1-16-4-2-3-5-23(16)36-18-6-9-30(10-7-18)24(34)15-32-21-13-17-12-19(17)25(21)26(29-32)27(35)31-11-8-22(33)20(28)14-31/h2-5,17-20,22,33H,6-15H2,1H3/t17-,19-,20-,22+/m1/s1. The van der Waals surface area contributed by atoms with Gasteiger partial charge in [0.15, 0.2) is 5.69 Å². The molecule has 4 atom stereocenters. The number of rotatable bonds is 5. The van der Waals surface area contributed by atoms with Crippen LogP contribution in [0, 0.1) is 12.8 Å². The summed E-state index contributed by atoms with van der Waals surface area (Å²) in [7, 11) is 0. The van der Waals surface area contributed by atoms with Crippen molar-refractivity contribution < 1.29 is 19.1 Å². The molecule has 3 fully saturated rings. The molecule has 4 aliphatic rings. The highest BCUT2D eigenvalue weighted by Crippen LogP contribution is 2.57. The summed E-state index contributed by atoms with van der Waals surface area (Å²) in [6.07, 6.45) is 1.62. The van der Waals surface area contributed by atoms with Crippen LogP contribution in [0.2, 0.25) is 0 Å². The number of nitrogens with zero attached hydrogens (tertiary/aromatic N) is 4. The van der Waals surface area contributed by atoms with Gasteiger partial charge in [-0.1, -0.05) is 18.2 Å². The molecule has 2 aliphatic heterocycles. The summed E-state index contributed by atoms with van der Waals surface area (Å²) in [5, 5.41) is 14.8. The van der Waals surface area contributed by atoms with Gasteiger partial charge in [0.1, 0.15) is 12.7 Å². The van der Waals surface area contributed by atoms with Crippen molar-refractivity contribution in [2.75, 3.05) is 26.2 Å². The summed E-state index contributed by atoms with van der Waals surface area (Å²) in [4.78, 5) is 31.2. The van der Waals surface area contributed by atoms with E-state index < -0.39 is 12.3 Å². The molecule has 192 valence electrons. The fraction of sp³-hybridized carbons (Fsp3) is 0.593. The minimum Gasteiger partial charge on any atom is -0.390 e. The van der Waals surface area contributed by atoms with E-state index in [1.54, 1.807) is 4.68 Å². The Morgan fingerprint density at radius 2 is 1.89 bits per heavy atom. The molecule has 1 aromatic heterocycles. The minimum atomic E-state index is -1.43. The van der Waals surface area contributed by atoms with E-state index in [2.05, 4.69) is 36.3 Å². The summed E-state index contributed by atoms with van der Waals surface area (Å²) >= 11 is 1.91. The fourth-order valence-electron chi connectivity index (χ4n) is 6.03. The molecule has 0 radical (unpaired) electrons. The van der Waals surface area contributed by atoms with Crippen LogP contribution >= 0.6 is 11.8 Å². The molecule has 3 heterocycles. The maximum Gasteiger partial charge on any atom is 0.274 e. The van der Waals surface area contributed by atoms with Crippen molar-refractivity contribution in [1.82, 2.24) is 19.6 Å². The first-order chi connectivity index (χ1) is 17.4. The van der Waals surface area contributed by atoms with Crippen LogP contribution in [-0.2, 0) is 17.8 Å². The number of hydrogen-bond acceptors (Lipinski definition) is 5. The number of aliphatic hydroxyl groups excluding tert-OH is 1. The van der Waals surface area contributed by atoms with Gasteiger partial charge in [0.05, 0.1) is 12.6 Å². The topological polar surface area (TPSA) is 78.7 Å². The van der Waals surface area contributed by atoms with E-state index in [0.717, 1.165) is 50.0 Å². The molecule has 9 heteroatoms. The first-order valence-electron chi connectivity index (χ1n) is 13.1. The fourth-order valence-corrected chi connectivity index (χ4v) is 7.24. The Kier molecular flexibility index (Phi) is 6.32. The first kappa shape index (κ1) is 24.0. The number of carbonyl (C=O) groups is 2. The van der Waals surface area contributed by atoms with Crippen molar-refractivity contribution in [2.45, 2.75) is 73.9 Å². The molecule has 36 heavy (non-hydrogen) atoms. The average molecular weight is 513 g/mol.